The minimum Gasteiger partial charge on any atom is -0.334 e. The van der Waals surface area contributed by atoms with Gasteiger partial charge in [-0.2, -0.15) is 0 Å². The van der Waals surface area contributed by atoms with Crippen molar-refractivity contribution >= 4 is 29.2 Å². The molecule has 6 nitrogen and oxygen atoms in total. The molecule has 2 unspecified atom stereocenters. The highest BCUT2D eigenvalue weighted by molar-refractivity contribution is 6.32. The number of amides is 3. The van der Waals surface area contributed by atoms with Gasteiger partial charge in [0.05, 0.1) is 17.8 Å². The largest absolute Gasteiger partial charge is 0.334 e. The predicted octanol–water partition coefficient (Wildman–Crippen LogP) is 3.22. The Labute approximate surface area is 151 Å². The van der Waals surface area contributed by atoms with Gasteiger partial charge in [0.15, 0.2) is 5.15 Å². The third-order valence-electron chi connectivity index (χ3n) is 4.25. The summed E-state index contributed by atoms with van der Waals surface area (Å²) in [4.78, 5) is 30.1. The van der Waals surface area contributed by atoms with Gasteiger partial charge in [-0.3, -0.25) is 4.79 Å². The normalized spacial score (nSPS) is 18.1. The van der Waals surface area contributed by atoms with Crippen molar-refractivity contribution in [2.75, 3.05) is 11.9 Å². The number of urea groups is 1. The number of rotatable bonds is 4. The van der Waals surface area contributed by atoms with Gasteiger partial charge in [-0.25, -0.2) is 9.78 Å². The smallest absolute Gasteiger partial charge is 0.319 e. The predicted molar refractivity (Wildman–Crippen MR) is 96.4 cm³/mol. The maximum Gasteiger partial charge on any atom is 0.319 e. The zero-order chi connectivity index (χ0) is 17.8. The fourth-order valence-corrected chi connectivity index (χ4v) is 3.10. The molecule has 1 aliphatic rings. The van der Waals surface area contributed by atoms with Crippen LogP contribution < -0.4 is 10.6 Å². The van der Waals surface area contributed by atoms with Crippen LogP contribution in [0, 0.1) is 0 Å². The molecule has 1 aliphatic heterocycles. The summed E-state index contributed by atoms with van der Waals surface area (Å²) in [6.07, 6.45) is 1.83. The summed E-state index contributed by atoms with van der Waals surface area (Å²) in [7, 11) is 0. The Morgan fingerprint density at radius 3 is 2.76 bits per heavy atom. The van der Waals surface area contributed by atoms with Crippen LogP contribution in [0.1, 0.15) is 24.9 Å². The van der Waals surface area contributed by atoms with E-state index in [1.54, 1.807) is 23.2 Å². The molecule has 0 bridgehead atoms. The van der Waals surface area contributed by atoms with Crippen molar-refractivity contribution in [1.29, 1.82) is 0 Å². The van der Waals surface area contributed by atoms with Gasteiger partial charge < -0.3 is 15.5 Å². The first-order valence-corrected chi connectivity index (χ1v) is 8.45. The average Bonchev–Trinajstić information content (AvgIpc) is 2.97. The quantitative estimate of drug-likeness (QED) is 0.824. The lowest BCUT2D eigenvalue weighted by molar-refractivity contribution is -0.129. The number of carbonyl (C=O) groups is 2. The first kappa shape index (κ1) is 17.2. The first-order chi connectivity index (χ1) is 12.0. The van der Waals surface area contributed by atoms with Gasteiger partial charge in [0, 0.05) is 19.2 Å². The molecule has 2 atom stereocenters. The number of hydrogen-bond acceptors (Lipinski definition) is 3. The van der Waals surface area contributed by atoms with Gasteiger partial charge in [0.1, 0.15) is 0 Å². The van der Waals surface area contributed by atoms with Crippen LogP contribution in [0.3, 0.4) is 0 Å². The van der Waals surface area contributed by atoms with Crippen molar-refractivity contribution < 1.29 is 9.59 Å². The molecule has 3 amide bonds. The Bertz CT molecular complexity index is 769. The van der Waals surface area contributed by atoms with Crippen LogP contribution in [-0.2, 0) is 4.79 Å². The van der Waals surface area contributed by atoms with Gasteiger partial charge in [-0.1, -0.05) is 41.9 Å². The summed E-state index contributed by atoms with van der Waals surface area (Å²) < 4.78 is 0. The standard InChI is InChI=1S/C18H19ClN4O2/c1-12(13-6-3-2-4-7-13)23-11-14(10-16(23)24)21-18(25)22-15-8-5-9-20-17(15)19/h2-9,12,14H,10-11H2,1H3,(H2,21,22,25). The third kappa shape index (κ3) is 4.09. The van der Waals surface area contributed by atoms with Crippen LogP contribution in [0.5, 0.6) is 0 Å². The number of aromatic nitrogens is 1. The van der Waals surface area contributed by atoms with E-state index in [2.05, 4.69) is 15.6 Å². The summed E-state index contributed by atoms with van der Waals surface area (Å²) in [6, 6.07) is 12.5. The van der Waals surface area contributed by atoms with Gasteiger partial charge in [0.25, 0.3) is 0 Å². The summed E-state index contributed by atoms with van der Waals surface area (Å²) in [5, 5.41) is 5.70. The number of carbonyl (C=O) groups excluding carboxylic acids is 2. The number of halogens is 1. The topological polar surface area (TPSA) is 74.3 Å². The van der Waals surface area contributed by atoms with E-state index >= 15 is 0 Å². The summed E-state index contributed by atoms with van der Waals surface area (Å²) in [6.45, 7) is 2.47. The van der Waals surface area contributed by atoms with E-state index in [1.165, 1.54) is 0 Å². The highest BCUT2D eigenvalue weighted by atomic mass is 35.5. The van der Waals surface area contributed by atoms with Crippen LogP contribution in [-0.4, -0.2) is 34.4 Å². The van der Waals surface area contributed by atoms with E-state index in [0.717, 1.165) is 5.56 Å². The van der Waals surface area contributed by atoms with Crippen LogP contribution in [0.15, 0.2) is 48.7 Å². The molecule has 1 saturated heterocycles. The van der Waals surface area contributed by atoms with Crippen molar-refractivity contribution in [3.63, 3.8) is 0 Å². The number of benzene rings is 1. The maximum atomic E-state index is 12.3. The monoisotopic (exact) mass is 358 g/mol. The maximum absolute atomic E-state index is 12.3. The summed E-state index contributed by atoms with van der Waals surface area (Å²) in [5.74, 6) is 0.0288. The zero-order valence-corrected chi connectivity index (χ0v) is 14.5. The third-order valence-corrected chi connectivity index (χ3v) is 4.55. The second kappa shape index (κ2) is 7.53. The summed E-state index contributed by atoms with van der Waals surface area (Å²) in [5.41, 5.74) is 1.50. The van der Waals surface area contributed by atoms with E-state index in [4.69, 9.17) is 11.6 Å². The molecule has 2 aromatic rings. The molecule has 0 radical (unpaired) electrons. The molecule has 1 aromatic carbocycles. The van der Waals surface area contributed by atoms with Crippen LogP contribution >= 0.6 is 11.6 Å². The van der Waals surface area contributed by atoms with E-state index in [1.807, 2.05) is 37.3 Å². The van der Waals surface area contributed by atoms with E-state index < -0.39 is 6.03 Å². The Balaban J connectivity index is 1.59. The Morgan fingerprint density at radius 1 is 1.28 bits per heavy atom. The molecule has 0 spiro atoms. The van der Waals surface area contributed by atoms with Crippen molar-refractivity contribution in [2.45, 2.75) is 25.4 Å². The van der Waals surface area contributed by atoms with Crippen molar-refractivity contribution in [3.05, 3.63) is 59.4 Å². The first-order valence-electron chi connectivity index (χ1n) is 8.07. The molecule has 0 saturated carbocycles. The number of hydrogen-bond donors (Lipinski definition) is 2. The lowest BCUT2D eigenvalue weighted by Crippen LogP contribution is -2.40. The molecule has 25 heavy (non-hydrogen) atoms. The number of nitrogens with one attached hydrogen (secondary N) is 2. The minimum atomic E-state index is -0.401. The lowest BCUT2D eigenvalue weighted by Gasteiger charge is -2.25. The molecule has 1 fully saturated rings. The fraction of sp³-hybridized carbons (Fsp3) is 0.278. The number of nitrogens with zero attached hydrogens (tertiary/aromatic N) is 2. The van der Waals surface area contributed by atoms with E-state index in [9.17, 15) is 9.59 Å². The molecule has 7 heteroatoms. The molecule has 130 valence electrons. The Kier molecular flexibility index (Phi) is 5.19. The van der Waals surface area contributed by atoms with Gasteiger partial charge >= 0.3 is 6.03 Å². The van der Waals surface area contributed by atoms with Crippen LogP contribution in [0.25, 0.3) is 0 Å². The van der Waals surface area contributed by atoms with E-state index in [0.29, 0.717) is 12.2 Å². The van der Waals surface area contributed by atoms with Gasteiger partial charge in [-0.15, -0.1) is 0 Å². The SMILES string of the molecule is CC(c1ccccc1)N1CC(NC(=O)Nc2cccnc2Cl)CC1=O. The molecular formula is C18H19ClN4O2. The van der Waals surface area contributed by atoms with Gasteiger partial charge in [0.2, 0.25) is 5.91 Å². The van der Waals surface area contributed by atoms with Crippen molar-refractivity contribution in [3.8, 4) is 0 Å². The number of anilines is 1. The molecule has 1 aromatic heterocycles. The Hall–Kier alpha value is -2.60. The lowest BCUT2D eigenvalue weighted by atomic mass is 10.1. The number of likely N-dealkylation sites (tertiary alicyclic amines) is 1. The van der Waals surface area contributed by atoms with Crippen molar-refractivity contribution in [2.24, 2.45) is 0 Å². The second-order valence-corrected chi connectivity index (χ2v) is 6.33. The second-order valence-electron chi connectivity index (χ2n) is 5.97. The fourth-order valence-electron chi connectivity index (χ4n) is 2.94. The van der Waals surface area contributed by atoms with Gasteiger partial charge in [-0.05, 0) is 24.6 Å². The highest BCUT2D eigenvalue weighted by Gasteiger charge is 2.34. The molecule has 3 rings (SSSR count). The Morgan fingerprint density at radius 2 is 2.04 bits per heavy atom. The molecule has 0 aliphatic carbocycles. The highest BCUT2D eigenvalue weighted by Crippen LogP contribution is 2.25. The minimum absolute atomic E-state index is 0.0288. The van der Waals surface area contributed by atoms with E-state index in [-0.39, 0.29) is 29.6 Å². The van der Waals surface area contributed by atoms with Crippen molar-refractivity contribution in [1.82, 2.24) is 15.2 Å². The molecular weight excluding hydrogens is 340 g/mol. The number of pyridine rings is 1. The zero-order valence-electron chi connectivity index (χ0n) is 13.8. The van der Waals surface area contributed by atoms with Crippen LogP contribution in [0.4, 0.5) is 10.5 Å². The van der Waals surface area contributed by atoms with Crippen LogP contribution in [0.2, 0.25) is 5.15 Å². The summed E-state index contributed by atoms with van der Waals surface area (Å²) >= 11 is 5.92. The average molecular weight is 359 g/mol. The molecule has 2 N–H and O–H groups in total. The molecule has 2 heterocycles.